The molecule has 0 spiro atoms. The molecule has 0 aromatic heterocycles. The molecule has 0 fully saturated rings. The normalized spacial score (nSPS) is 13.0. The Balaban J connectivity index is 2.23. The van der Waals surface area contributed by atoms with Gasteiger partial charge in [0, 0.05) is 12.6 Å². The van der Waals surface area contributed by atoms with Crippen LogP contribution in [0.1, 0.15) is 37.3 Å². The summed E-state index contributed by atoms with van der Waals surface area (Å²) in [5, 5.41) is 0. The number of unbranched alkanes of at least 4 members (excludes halogenated alkanes) is 1. The Bertz CT molecular complexity index is 320. The highest BCUT2D eigenvalue weighted by Crippen LogP contribution is 2.07. The molecule has 2 nitrogen and oxygen atoms in total. The number of nitrogens with zero attached hydrogens (tertiary/aromatic N) is 1. The third kappa shape index (κ3) is 6.44. The van der Waals surface area contributed by atoms with Crippen LogP contribution in [-0.4, -0.2) is 24.5 Å². The molecule has 0 aliphatic rings. The number of aryl methyl sites for hydroxylation is 1. The standard InChI is InChI=1S/C15H26N2/c1-13-7-6-9-15(11-13)12-17(3)10-5-4-8-14(2)16/h6-7,9,11,14H,4-5,8,10,12,16H2,1-3H3. The van der Waals surface area contributed by atoms with Crippen LogP contribution < -0.4 is 5.73 Å². The first kappa shape index (κ1) is 14.2. The molecule has 1 aromatic carbocycles. The summed E-state index contributed by atoms with van der Waals surface area (Å²) in [7, 11) is 2.19. The van der Waals surface area contributed by atoms with Crippen molar-refractivity contribution in [1.29, 1.82) is 0 Å². The van der Waals surface area contributed by atoms with E-state index in [9.17, 15) is 0 Å². The molecule has 1 rings (SSSR count). The van der Waals surface area contributed by atoms with Crippen molar-refractivity contribution >= 4 is 0 Å². The van der Waals surface area contributed by atoms with E-state index >= 15 is 0 Å². The highest BCUT2D eigenvalue weighted by atomic mass is 15.1. The Morgan fingerprint density at radius 1 is 1.29 bits per heavy atom. The molecule has 1 unspecified atom stereocenters. The van der Waals surface area contributed by atoms with Crippen LogP contribution in [0.4, 0.5) is 0 Å². The van der Waals surface area contributed by atoms with Gasteiger partial charge in [0.05, 0.1) is 0 Å². The first-order valence-corrected chi connectivity index (χ1v) is 6.57. The van der Waals surface area contributed by atoms with Crippen LogP contribution in [0.15, 0.2) is 24.3 Å². The van der Waals surface area contributed by atoms with E-state index in [1.165, 1.54) is 24.0 Å². The maximum absolute atomic E-state index is 5.74. The van der Waals surface area contributed by atoms with Gasteiger partial charge in [0.1, 0.15) is 0 Å². The minimum absolute atomic E-state index is 0.345. The summed E-state index contributed by atoms with van der Waals surface area (Å²) < 4.78 is 0. The number of benzene rings is 1. The predicted molar refractivity (Wildman–Crippen MR) is 75.0 cm³/mol. The Morgan fingerprint density at radius 2 is 2.06 bits per heavy atom. The molecule has 1 aromatic rings. The number of hydrogen-bond donors (Lipinski definition) is 1. The van der Waals surface area contributed by atoms with Crippen molar-refractivity contribution in [2.75, 3.05) is 13.6 Å². The van der Waals surface area contributed by atoms with E-state index in [0.29, 0.717) is 6.04 Å². The fraction of sp³-hybridized carbons (Fsp3) is 0.600. The predicted octanol–water partition coefficient (Wildman–Crippen LogP) is 2.94. The smallest absolute Gasteiger partial charge is 0.0230 e. The number of nitrogens with two attached hydrogens (primary N) is 1. The summed E-state index contributed by atoms with van der Waals surface area (Å²) >= 11 is 0. The molecular formula is C15H26N2. The molecule has 1 atom stereocenters. The molecule has 0 aliphatic carbocycles. The van der Waals surface area contributed by atoms with Crippen molar-refractivity contribution < 1.29 is 0 Å². The van der Waals surface area contributed by atoms with Crippen LogP contribution in [0.2, 0.25) is 0 Å². The van der Waals surface area contributed by atoms with E-state index in [1.807, 2.05) is 0 Å². The van der Waals surface area contributed by atoms with Crippen molar-refractivity contribution in [2.45, 2.75) is 45.7 Å². The number of hydrogen-bond acceptors (Lipinski definition) is 2. The Kier molecular flexibility index (Phi) is 6.23. The van der Waals surface area contributed by atoms with Crippen molar-refractivity contribution in [2.24, 2.45) is 5.73 Å². The van der Waals surface area contributed by atoms with E-state index in [2.05, 4.69) is 50.1 Å². The largest absolute Gasteiger partial charge is 0.328 e. The zero-order chi connectivity index (χ0) is 12.7. The summed E-state index contributed by atoms with van der Waals surface area (Å²) in [5.74, 6) is 0. The lowest BCUT2D eigenvalue weighted by molar-refractivity contribution is 0.316. The summed E-state index contributed by atoms with van der Waals surface area (Å²) in [6, 6.07) is 9.09. The van der Waals surface area contributed by atoms with Crippen molar-refractivity contribution in [3.05, 3.63) is 35.4 Å². The average molecular weight is 234 g/mol. The molecule has 2 heteroatoms. The maximum atomic E-state index is 5.74. The maximum Gasteiger partial charge on any atom is 0.0230 e. The van der Waals surface area contributed by atoms with Gasteiger partial charge in [0.25, 0.3) is 0 Å². The van der Waals surface area contributed by atoms with E-state index in [-0.39, 0.29) is 0 Å². The molecule has 96 valence electrons. The van der Waals surface area contributed by atoms with Gasteiger partial charge < -0.3 is 10.6 Å². The van der Waals surface area contributed by atoms with Crippen LogP contribution in [-0.2, 0) is 6.54 Å². The minimum Gasteiger partial charge on any atom is -0.328 e. The lowest BCUT2D eigenvalue weighted by Crippen LogP contribution is -2.20. The van der Waals surface area contributed by atoms with Crippen molar-refractivity contribution in [1.82, 2.24) is 4.90 Å². The highest BCUT2D eigenvalue weighted by molar-refractivity contribution is 5.21. The first-order valence-electron chi connectivity index (χ1n) is 6.57. The number of rotatable bonds is 7. The van der Waals surface area contributed by atoms with Crippen LogP contribution in [0.3, 0.4) is 0 Å². The monoisotopic (exact) mass is 234 g/mol. The van der Waals surface area contributed by atoms with Gasteiger partial charge in [-0.05, 0) is 45.8 Å². The topological polar surface area (TPSA) is 29.3 Å². The van der Waals surface area contributed by atoms with Crippen LogP contribution in [0.5, 0.6) is 0 Å². The summed E-state index contributed by atoms with van der Waals surface area (Å²) in [5.41, 5.74) is 8.48. The summed E-state index contributed by atoms with van der Waals surface area (Å²) in [4.78, 5) is 2.38. The van der Waals surface area contributed by atoms with E-state index in [0.717, 1.165) is 19.5 Å². The second kappa shape index (κ2) is 7.46. The fourth-order valence-electron chi connectivity index (χ4n) is 2.05. The Morgan fingerprint density at radius 3 is 2.71 bits per heavy atom. The quantitative estimate of drug-likeness (QED) is 0.735. The fourth-order valence-corrected chi connectivity index (χ4v) is 2.05. The molecule has 0 amide bonds. The average Bonchev–Trinajstić information content (AvgIpc) is 2.24. The molecule has 2 N–H and O–H groups in total. The van der Waals surface area contributed by atoms with Gasteiger partial charge in [0.15, 0.2) is 0 Å². The molecular weight excluding hydrogens is 208 g/mol. The first-order chi connectivity index (χ1) is 8.08. The molecule has 0 saturated heterocycles. The molecule has 0 radical (unpaired) electrons. The second-order valence-electron chi connectivity index (χ2n) is 5.20. The van der Waals surface area contributed by atoms with Gasteiger partial charge in [-0.2, -0.15) is 0 Å². The third-order valence-electron chi connectivity index (χ3n) is 2.98. The van der Waals surface area contributed by atoms with E-state index < -0.39 is 0 Å². The zero-order valence-electron chi connectivity index (χ0n) is 11.4. The van der Waals surface area contributed by atoms with Gasteiger partial charge in [-0.1, -0.05) is 36.2 Å². The third-order valence-corrected chi connectivity index (χ3v) is 2.98. The minimum atomic E-state index is 0.345. The van der Waals surface area contributed by atoms with Gasteiger partial charge >= 0.3 is 0 Å². The van der Waals surface area contributed by atoms with Crippen molar-refractivity contribution in [3.63, 3.8) is 0 Å². The summed E-state index contributed by atoms with van der Waals surface area (Å²) in [6.07, 6.45) is 3.61. The molecule has 0 heterocycles. The van der Waals surface area contributed by atoms with Crippen molar-refractivity contribution in [3.8, 4) is 0 Å². The van der Waals surface area contributed by atoms with Gasteiger partial charge in [-0.15, -0.1) is 0 Å². The van der Waals surface area contributed by atoms with E-state index in [1.54, 1.807) is 0 Å². The van der Waals surface area contributed by atoms with Gasteiger partial charge in [-0.3, -0.25) is 0 Å². The lowest BCUT2D eigenvalue weighted by Gasteiger charge is -2.17. The molecule has 0 saturated carbocycles. The van der Waals surface area contributed by atoms with Crippen LogP contribution in [0, 0.1) is 6.92 Å². The molecule has 0 bridgehead atoms. The van der Waals surface area contributed by atoms with E-state index in [4.69, 9.17) is 5.73 Å². The highest BCUT2D eigenvalue weighted by Gasteiger charge is 2.01. The van der Waals surface area contributed by atoms with Gasteiger partial charge in [-0.25, -0.2) is 0 Å². The summed E-state index contributed by atoms with van der Waals surface area (Å²) in [6.45, 7) is 6.42. The van der Waals surface area contributed by atoms with Crippen LogP contribution in [0.25, 0.3) is 0 Å². The zero-order valence-corrected chi connectivity index (χ0v) is 11.4. The Hall–Kier alpha value is -0.860. The molecule has 0 aliphatic heterocycles. The Labute approximate surface area is 106 Å². The SMILES string of the molecule is Cc1cccc(CN(C)CCCCC(C)N)c1. The molecule has 17 heavy (non-hydrogen) atoms. The van der Waals surface area contributed by atoms with Crippen LogP contribution >= 0.6 is 0 Å². The lowest BCUT2D eigenvalue weighted by atomic mass is 10.1. The second-order valence-corrected chi connectivity index (χ2v) is 5.20. The van der Waals surface area contributed by atoms with Gasteiger partial charge in [0.2, 0.25) is 0 Å².